The third kappa shape index (κ3) is 0.104. The maximum absolute atomic E-state index is 1.74. The summed E-state index contributed by atoms with van der Waals surface area (Å²) in [4.78, 5) is 0. The van der Waals surface area contributed by atoms with Gasteiger partial charge < -0.3 is 0 Å². The van der Waals surface area contributed by atoms with E-state index in [0.717, 1.165) is 43.3 Å². The fourth-order valence-electron chi connectivity index (χ4n) is 13.1. The third-order valence-electron chi connectivity index (χ3n) is 10.4. The lowest BCUT2D eigenvalue weighted by molar-refractivity contribution is -0.0737. The van der Waals surface area contributed by atoms with Gasteiger partial charge in [0.25, 0.3) is 0 Å². The van der Waals surface area contributed by atoms with Crippen LogP contribution in [0.15, 0.2) is 0 Å². The highest BCUT2D eigenvalue weighted by atomic mass is 15.6. The molecule has 68 valence electrons. The molecule has 0 heteroatoms. The average Bonchev–Trinajstić information content (AvgIpc) is 2.93. The van der Waals surface area contributed by atoms with Crippen LogP contribution in [0.2, 0.25) is 0 Å². The predicted molar refractivity (Wildman–Crippen MR) is 47.2 cm³/mol. The van der Waals surface area contributed by atoms with Crippen LogP contribution in [0.3, 0.4) is 0 Å². The van der Waals surface area contributed by atoms with E-state index in [4.69, 9.17) is 0 Å². The van der Waals surface area contributed by atoms with Crippen LogP contribution in [-0.4, -0.2) is 0 Å². The summed E-state index contributed by atoms with van der Waals surface area (Å²) in [5, 5.41) is 0. The van der Waals surface area contributed by atoms with Crippen molar-refractivity contribution >= 4 is 0 Å². The van der Waals surface area contributed by atoms with Crippen molar-refractivity contribution in [3.63, 3.8) is 0 Å². The van der Waals surface area contributed by atoms with Gasteiger partial charge in [0, 0.05) is 0 Å². The molecule has 0 nitrogen and oxygen atoms in total. The molecule has 0 heterocycles. The SMILES string of the molecule is C1C23CC45CC16CC(C2)(C4)C12C34C61C542. The first-order valence-electron chi connectivity index (χ1n) is 6.74. The Labute approximate surface area is 82.4 Å². The van der Waals surface area contributed by atoms with Crippen molar-refractivity contribution in [3.8, 4) is 0 Å². The molecule has 0 aromatic heterocycles. The molecule has 0 saturated heterocycles. The normalized spacial score (nSPS) is 120. The first kappa shape index (κ1) is 4.89. The van der Waals surface area contributed by atoms with Crippen LogP contribution in [0.5, 0.6) is 0 Å². The summed E-state index contributed by atoms with van der Waals surface area (Å²) in [5.74, 6) is 0. The second-order valence-corrected chi connectivity index (χ2v) is 9.18. The molecule has 10 aliphatic rings. The Kier molecular flexibility index (Phi) is 0.224. The lowest BCUT2D eigenvalue weighted by Gasteiger charge is -2.57. The molecular formula is C14H12. The van der Waals surface area contributed by atoms with Gasteiger partial charge in [0.1, 0.15) is 0 Å². The van der Waals surface area contributed by atoms with Gasteiger partial charge in [0.05, 0.1) is 0 Å². The van der Waals surface area contributed by atoms with E-state index in [1.165, 1.54) is 0 Å². The highest BCUT2D eigenvalue weighted by Crippen LogP contribution is 3.56. The minimum absolute atomic E-state index is 1.02. The van der Waals surface area contributed by atoms with Crippen molar-refractivity contribution in [2.75, 3.05) is 0 Å². The molecule has 10 fully saturated rings. The minimum atomic E-state index is 1.02. The van der Waals surface area contributed by atoms with Gasteiger partial charge in [-0.2, -0.15) is 0 Å². The van der Waals surface area contributed by atoms with Crippen molar-refractivity contribution in [1.82, 2.24) is 0 Å². The van der Waals surface area contributed by atoms with Gasteiger partial charge in [-0.05, 0) is 81.8 Å². The van der Waals surface area contributed by atoms with Gasteiger partial charge in [-0.15, -0.1) is 0 Å². The van der Waals surface area contributed by atoms with E-state index in [2.05, 4.69) is 0 Å². The van der Waals surface area contributed by atoms with Crippen LogP contribution in [0.1, 0.15) is 38.5 Å². The van der Waals surface area contributed by atoms with E-state index < -0.39 is 0 Å². The van der Waals surface area contributed by atoms with E-state index in [0.29, 0.717) is 0 Å². The van der Waals surface area contributed by atoms with Gasteiger partial charge in [0.15, 0.2) is 0 Å². The Morgan fingerprint density at radius 1 is 0.357 bits per heavy atom. The fraction of sp³-hybridized carbons (Fsp3) is 1.00. The van der Waals surface area contributed by atoms with Gasteiger partial charge in [-0.3, -0.25) is 0 Å². The minimum Gasteiger partial charge on any atom is -0.0406 e. The summed E-state index contributed by atoms with van der Waals surface area (Å²) in [6.45, 7) is 0. The predicted octanol–water partition coefficient (Wildman–Crippen LogP) is 2.34. The van der Waals surface area contributed by atoms with Gasteiger partial charge in [-0.25, -0.2) is 0 Å². The van der Waals surface area contributed by atoms with Crippen molar-refractivity contribution in [3.05, 3.63) is 0 Å². The van der Waals surface area contributed by atoms with E-state index in [-0.39, 0.29) is 0 Å². The molecular weight excluding hydrogens is 168 g/mol. The molecule has 0 atom stereocenters. The Balaban J connectivity index is 1.84. The zero-order valence-electron chi connectivity index (χ0n) is 8.24. The molecule has 10 rings (SSSR count). The molecule has 0 bridgehead atoms. The third-order valence-corrected chi connectivity index (χ3v) is 10.4. The Bertz CT molecular complexity index is 410. The summed E-state index contributed by atoms with van der Waals surface area (Å²) in [5.41, 5.74) is 8.54. The van der Waals surface area contributed by atoms with E-state index in [9.17, 15) is 0 Å². The first-order chi connectivity index (χ1) is 6.74. The molecule has 10 aliphatic carbocycles. The summed E-state index contributed by atoms with van der Waals surface area (Å²) in [6.07, 6.45) is 10.5. The molecule has 0 amide bonds. The standard InChI is InChI=1S/C14H12/c1-7-2-9-4-8(1)5-10(3-7,6-9)14-11(7)12(8,14)13(9,11)14/h1-6H2. The Hall–Kier alpha value is 0. The van der Waals surface area contributed by atoms with Crippen molar-refractivity contribution < 1.29 is 0 Å². The van der Waals surface area contributed by atoms with Crippen LogP contribution in [0.4, 0.5) is 0 Å². The highest BCUT2D eigenvalue weighted by molar-refractivity contribution is 5.99. The van der Waals surface area contributed by atoms with Gasteiger partial charge >= 0.3 is 0 Å². The monoisotopic (exact) mass is 180 g/mol. The van der Waals surface area contributed by atoms with Crippen molar-refractivity contribution in [2.24, 2.45) is 43.3 Å². The molecule has 0 aliphatic heterocycles. The van der Waals surface area contributed by atoms with Gasteiger partial charge in [0.2, 0.25) is 0 Å². The molecule has 0 aromatic carbocycles. The molecule has 0 unspecified atom stereocenters. The molecule has 14 heavy (non-hydrogen) atoms. The van der Waals surface area contributed by atoms with Crippen LogP contribution in [-0.2, 0) is 0 Å². The second-order valence-electron chi connectivity index (χ2n) is 9.18. The number of hydrogen-bond acceptors (Lipinski definition) is 0. The first-order valence-corrected chi connectivity index (χ1v) is 6.74. The Morgan fingerprint density at radius 3 is 0.714 bits per heavy atom. The average molecular weight is 180 g/mol. The van der Waals surface area contributed by atoms with E-state index in [1.807, 2.05) is 0 Å². The molecule has 0 aromatic rings. The molecule has 0 N–H and O–H groups in total. The smallest absolute Gasteiger partial charge is 0.00193 e. The van der Waals surface area contributed by atoms with Crippen molar-refractivity contribution in [2.45, 2.75) is 38.5 Å². The molecule has 10 saturated carbocycles. The van der Waals surface area contributed by atoms with Gasteiger partial charge in [-0.1, -0.05) is 0 Å². The maximum atomic E-state index is 1.74. The maximum Gasteiger partial charge on any atom is -0.00193 e. The summed E-state index contributed by atoms with van der Waals surface area (Å²) in [7, 11) is 0. The zero-order valence-corrected chi connectivity index (χ0v) is 8.24. The second kappa shape index (κ2) is 0.642. The molecule has 0 radical (unpaired) electrons. The van der Waals surface area contributed by atoms with Crippen molar-refractivity contribution in [1.29, 1.82) is 0 Å². The topological polar surface area (TPSA) is 0 Å². The number of hydrogen-bond donors (Lipinski definition) is 0. The lowest BCUT2D eigenvalue weighted by Crippen LogP contribution is -2.47. The van der Waals surface area contributed by atoms with Crippen LogP contribution in [0, 0.1) is 43.3 Å². The molecule has 4 spiro atoms. The Morgan fingerprint density at radius 2 is 0.571 bits per heavy atom. The van der Waals surface area contributed by atoms with Crippen LogP contribution < -0.4 is 0 Å². The number of rotatable bonds is 0. The van der Waals surface area contributed by atoms with Crippen LogP contribution in [0.25, 0.3) is 0 Å². The summed E-state index contributed by atoms with van der Waals surface area (Å²) >= 11 is 0. The van der Waals surface area contributed by atoms with E-state index >= 15 is 0 Å². The lowest BCUT2D eigenvalue weighted by atomic mass is 9.47. The van der Waals surface area contributed by atoms with E-state index in [1.54, 1.807) is 38.5 Å². The summed E-state index contributed by atoms with van der Waals surface area (Å²) < 4.78 is 0. The quantitative estimate of drug-likeness (QED) is 0.536. The summed E-state index contributed by atoms with van der Waals surface area (Å²) in [6, 6.07) is 0. The largest absolute Gasteiger partial charge is 0.0406 e. The zero-order chi connectivity index (χ0) is 8.24. The highest BCUT2D eigenvalue weighted by Gasteiger charge is 3.54. The van der Waals surface area contributed by atoms with Crippen LogP contribution >= 0.6 is 0 Å². The fourth-order valence-corrected chi connectivity index (χ4v) is 13.1.